The average Bonchev–Trinajstić information content (AvgIpc) is 2.76. The summed E-state index contributed by atoms with van der Waals surface area (Å²) in [5, 5.41) is 0. The lowest BCUT2D eigenvalue weighted by Gasteiger charge is -2.39. The maximum atomic E-state index is 13.3. The third-order valence-electron chi connectivity index (χ3n) is 5.51. The Morgan fingerprint density at radius 2 is 1.47 bits per heavy atom. The van der Waals surface area contributed by atoms with Gasteiger partial charge in [0.25, 0.3) is 0 Å². The zero-order valence-corrected chi connectivity index (χ0v) is 17.8. The molecule has 1 amide bonds. The maximum Gasteiger partial charge on any atom is 0.245 e. The maximum absolute atomic E-state index is 13.3. The van der Waals surface area contributed by atoms with Crippen LogP contribution >= 0.6 is 0 Å². The number of carbonyl (C=O) groups excluding carboxylic acids is 1. The Labute approximate surface area is 177 Å². The van der Waals surface area contributed by atoms with Crippen LogP contribution in [0.3, 0.4) is 0 Å². The van der Waals surface area contributed by atoms with E-state index in [1.54, 1.807) is 36.1 Å². The van der Waals surface area contributed by atoms with Crippen LogP contribution in [0.4, 0.5) is 5.69 Å². The molecule has 6 heteroatoms. The first kappa shape index (κ1) is 20.3. The van der Waals surface area contributed by atoms with E-state index in [4.69, 9.17) is 0 Å². The van der Waals surface area contributed by atoms with Crippen LogP contribution in [-0.2, 0) is 14.8 Å². The van der Waals surface area contributed by atoms with Crippen LogP contribution in [0.15, 0.2) is 83.8 Å². The molecule has 1 heterocycles. The van der Waals surface area contributed by atoms with E-state index in [0.717, 1.165) is 22.4 Å². The predicted octanol–water partition coefficient (Wildman–Crippen LogP) is 4.09. The molecule has 0 bridgehead atoms. The van der Waals surface area contributed by atoms with Crippen molar-refractivity contribution in [3.63, 3.8) is 0 Å². The molecular formula is C24H24N2O3S. The van der Waals surface area contributed by atoms with Gasteiger partial charge >= 0.3 is 0 Å². The predicted molar refractivity (Wildman–Crippen MR) is 119 cm³/mol. The molecule has 3 aromatic carbocycles. The number of aryl methyl sites for hydroxylation is 1. The highest BCUT2D eigenvalue weighted by Crippen LogP contribution is 2.33. The molecular weight excluding hydrogens is 396 g/mol. The fraction of sp³-hybridized carbons (Fsp3) is 0.208. The molecule has 0 aromatic heterocycles. The summed E-state index contributed by atoms with van der Waals surface area (Å²) in [5.74, 6) is -0.222. The molecule has 1 fully saturated rings. The first-order valence-corrected chi connectivity index (χ1v) is 11.4. The largest absolute Gasteiger partial charge is 0.309 e. The molecule has 30 heavy (non-hydrogen) atoms. The summed E-state index contributed by atoms with van der Waals surface area (Å²) < 4.78 is 27.6. The molecule has 4 rings (SSSR count). The lowest BCUT2D eigenvalue weighted by Crippen LogP contribution is -2.57. The Kier molecular flexibility index (Phi) is 5.45. The number of nitrogens with zero attached hydrogens (tertiary/aromatic N) is 2. The van der Waals surface area contributed by atoms with Gasteiger partial charge < -0.3 is 4.90 Å². The fourth-order valence-corrected chi connectivity index (χ4v) is 5.41. The highest BCUT2D eigenvalue weighted by Gasteiger charge is 2.40. The third-order valence-corrected chi connectivity index (χ3v) is 7.49. The van der Waals surface area contributed by atoms with Crippen molar-refractivity contribution in [2.45, 2.75) is 24.8 Å². The second-order valence-corrected chi connectivity index (χ2v) is 9.37. The van der Waals surface area contributed by atoms with Crippen molar-refractivity contribution < 1.29 is 13.2 Å². The summed E-state index contributed by atoms with van der Waals surface area (Å²) in [6.07, 6.45) is 0. The van der Waals surface area contributed by atoms with E-state index >= 15 is 0 Å². The summed E-state index contributed by atoms with van der Waals surface area (Å²) >= 11 is 0. The summed E-state index contributed by atoms with van der Waals surface area (Å²) in [5.41, 5.74) is 3.75. The highest BCUT2D eigenvalue weighted by molar-refractivity contribution is 7.89. The van der Waals surface area contributed by atoms with Crippen LogP contribution in [-0.4, -0.2) is 37.8 Å². The monoisotopic (exact) mass is 420 g/mol. The zero-order chi connectivity index (χ0) is 21.3. The van der Waals surface area contributed by atoms with Crippen LogP contribution in [0.25, 0.3) is 11.1 Å². The number of hydrogen-bond acceptors (Lipinski definition) is 3. The SMILES string of the molecule is Cc1ccc(S(=O)(=O)N2CCN(c3ccccc3-c3ccccc3)C(=O)[C@@H]2C)cc1. The summed E-state index contributed by atoms with van der Waals surface area (Å²) in [4.78, 5) is 15.2. The number of piperazine rings is 1. The second kappa shape index (κ2) is 8.05. The van der Waals surface area contributed by atoms with Crippen molar-refractivity contribution in [3.8, 4) is 11.1 Å². The number of sulfonamides is 1. The molecule has 0 aliphatic carbocycles. The quantitative estimate of drug-likeness (QED) is 0.639. The first-order valence-electron chi connectivity index (χ1n) is 9.94. The molecule has 1 aliphatic rings. The number of hydrogen-bond donors (Lipinski definition) is 0. The van der Waals surface area contributed by atoms with E-state index < -0.39 is 16.1 Å². The molecule has 0 N–H and O–H groups in total. The summed E-state index contributed by atoms with van der Waals surface area (Å²) in [7, 11) is -3.74. The van der Waals surface area contributed by atoms with Gasteiger partial charge in [0, 0.05) is 18.7 Å². The first-order chi connectivity index (χ1) is 14.4. The number of para-hydroxylation sites is 1. The van der Waals surface area contributed by atoms with Gasteiger partial charge in [0.1, 0.15) is 6.04 Å². The normalized spacial score (nSPS) is 17.9. The lowest BCUT2D eigenvalue weighted by molar-refractivity contribution is -0.123. The minimum absolute atomic E-state index is 0.214. The highest BCUT2D eigenvalue weighted by atomic mass is 32.2. The third kappa shape index (κ3) is 3.64. The van der Waals surface area contributed by atoms with E-state index in [9.17, 15) is 13.2 Å². The average molecular weight is 421 g/mol. The summed E-state index contributed by atoms with van der Waals surface area (Å²) in [6, 6.07) is 23.6. The molecule has 1 aliphatic heterocycles. The number of benzene rings is 3. The van der Waals surface area contributed by atoms with Gasteiger partial charge in [-0.3, -0.25) is 4.79 Å². The van der Waals surface area contributed by atoms with Crippen molar-refractivity contribution in [2.75, 3.05) is 18.0 Å². The number of anilines is 1. The molecule has 5 nitrogen and oxygen atoms in total. The Morgan fingerprint density at radius 1 is 0.833 bits per heavy atom. The van der Waals surface area contributed by atoms with Crippen molar-refractivity contribution >= 4 is 21.6 Å². The van der Waals surface area contributed by atoms with Crippen LogP contribution < -0.4 is 4.90 Å². The smallest absolute Gasteiger partial charge is 0.245 e. The van der Waals surface area contributed by atoms with Gasteiger partial charge in [-0.1, -0.05) is 66.2 Å². The molecule has 154 valence electrons. The Balaban J connectivity index is 1.65. The van der Waals surface area contributed by atoms with Crippen molar-refractivity contribution in [2.24, 2.45) is 0 Å². The lowest BCUT2D eigenvalue weighted by atomic mass is 10.0. The van der Waals surface area contributed by atoms with Crippen LogP contribution in [0.1, 0.15) is 12.5 Å². The summed E-state index contributed by atoms with van der Waals surface area (Å²) in [6.45, 7) is 4.11. The fourth-order valence-electron chi connectivity index (χ4n) is 3.84. The van der Waals surface area contributed by atoms with Gasteiger partial charge in [0.05, 0.1) is 10.6 Å². The van der Waals surface area contributed by atoms with Crippen molar-refractivity contribution in [3.05, 3.63) is 84.4 Å². The Hall–Kier alpha value is -2.96. The van der Waals surface area contributed by atoms with E-state index in [0.29, 0.717) is 6.54 Å². The molecule has 3 aromatic rings. The van der Waals surface area contributed by atoms with Gasteiger partial charge in [-0.25, -0.2) is 8.42 Å². The van der Waals surface area contributed by atoms with E-state index in [-0.39, 0.29) is 17.3 Å². The van der Waals surface area contributed by atoms with Crippen molar-refractivity contribution in [1.82, 2.24) is 4.31 Å². The zero-order valence-electron chi connectivity index (χ0n) is 17.0. The van der Waals surface area contributed by atoms with Crippen LogP contribution in [0.5, 0.6) is 0 Å². The Bertz CT molecular complexity index is 1160. The number of amides is 1. The molecule has 0 saturated carbocycles. The van der Waals surface area contributed by atoms with Crippen LogP contribution in [0.2, 0.25) is 0 Å². The molecule has 0 unspecified atom stereocenters. The number of rotatable bonds is 4. The molecule has 0 radical (unpaired) electrons. The minimum Gasteiger partial charge on any atom is -0.309 e. The number of carbonyl (C=O) groups is 1. The van der Waals surface area contributed by atoms with Gasteiger partial charge in [0.2, 0.25) is 15.9 Å². The van der Waals surface area contributed by atoms with Crippen molar-refractivity contribution in [1.29, 1.82) is 0 Å². The Morgan fingerprint density at radius 3 is 2.17 bits per heavy atom. The van der Waals surface area contributed by atoms with Gasteiger partial charge in [-0.05, 0) is 37.6 Å². The van der Waals surface area contributed by atoms with E-state index in [2.05, 4.69) is 0 Å². The van der Waals surface area contributed by atoms with Gasteiger partial charge in [-0.2, -0.15) is 4.31 Å². The second-order valence-electron chi connectivity index (χ2n) is 7.48. The minimum atomic E-state index is -3.74. The van der Waals surface area contributed by atoms with Crippen LogP contribution in [0, 0.1) is 6.92 Å². The molecule has 1 saturated heterocycles. The topological polar surface area (TPSA) is 57.7 Å². The van der Waals surface area contributed by atoms with E-state index in [1.165, 1.54) is 4.31 Å². The van der Waals surface area contributed by atoms with Gasteiger partial charge in [-0.15, -0.1) is 0 Å². The standard InChI is InChI=1S/C24H24N2O3S/c1-18-12-14-21(15-13-18)30(28,29)26-17-16-25(24(27)19(26)2)23-11-7-6-10-22(23)20-8-4-3-5-9-20/h3-15,19H,16-17H2,1-2H3/t19-/m0/s1. The van der Waals surface area contributed by atoms with Gasteiger partial charge in [0.15, 0.2) is 0 Å². The molecule has 0 spiro atoms. The molecule has 1 atom stereocenters. The van der Waals surface area contributed by atoms with E-state index in [1.807, 2.05) is 61.5 Å².